The van der Waals surface area contributed by atoms with Gasteiger partial charge in [-0.05, 0) is 47.5 Å². The summed E-state index contributed by atoms with van der Waals surface area (Å²) in [6.45, 7) is 11.0. The molecule has 0 N–H and O–H groups in total. The molecular weight excluding hydrogens is 507 g/mol. The van der Waals surface area contributed by atoms with Crippen LogP contribution in [0.25, 0.3) is 0 Å². The predicted molar refractivity (Wildman–Crippen MR) is 130 cm³/mol. The Morgan fingerprint density at radius 2 is 1.74 bits per heavy atom. The van der Waals surface area contributed by atoms with Gasteiger partial charge in [-0.15, -0.1) is 0 Å². The van der Waals surface area contributed by atoms with Crippen LogP contribution in [0.3, 0.4) is 0 Å². The number of alkyl halides is 3. The first kappa shape index (κ1) is 28.3. The molecule has 10 nitrogen and oxygen atoms in total. The van der Waals surface area contributed by atoms with Gasteiger partial charge in [-0.1, -0.05) is 0 Å². The van der Waals surface area contributed by atoms with Crippen LogP contribution in [0.1, 0.15) is 59.4 Å². The van der Waals surface area contributed by atoms with Crippen molar-refractivity contribution < 1.29 is 37.0 Å². The fraction of sp³-hybridized carbons (Fsp3) is 0.760. The van der Waals surface area contributed by atoms with Gasteiger partial charge in [0.25, 0.3) is 5.91 Å². The van der Waals surface area contributed by atoms with Crippen molar-refractivity contribution in [2.24, 2.45) is 0 Å². The highest BCUT2D eigenvalue weighted by Crippen LogP contribution is 2.32. The maximum absolute atomic E-state index is 13.1. The summed E-state index contributed by atoms with van der Waals surface area (Å²) in [7, 11) is 0. The lowest BCUT2D eigenvalue weighted by Gasteiger charge is -2.37. The molecule has 212 valence electrons. The minimum Gasteiger partial charge on any atom is -0.444 e. The second-order valence-corrected chi connectivity index (χ2v) is 11.4. The second-order valence-electron chi connectivity index (χ2n) is 11.4. The van der Waals surface area contributed by atoms with E-state index in [0.717, 1.165) is 12.4 Å². The molecule has 4 rings (SSSR count). The van der Waals surface area contributed by atoms with Gasteiger partial charge in [-0.25, -0.2) is 14.8 Å². The van der Waals surface area contributed by atoms with E-state index in [9.17, 15) is 22.8 Å². The lowest BCUT2D eigenvalue weighted by Crippen LogP contribution is -2.51. The quantitative estimate of drug-likeness (QED) is 0.557. The lowest BCUT2D eigenvalue weighted by atomic mass is 10.0. The summed E-state index contributed by atoms with van der Waals surface area (Å²) in [6, 6.07) is -0.373. The maximum Gasteiger partial charge on any atom is 0.419 e. The third-order valence-electron chi connectivity index (χ3n) is 7.00. The highest BCUT2D eigenvalue weighted by molar-refractivity contribution is 5.83. The number of rotatable bonds is 5. The van der Waals surface area contributed by atoms with Gasteiger partial charge in [0.05, 0.1) is 24.8 Å². The number of nitrogens with zero attached hydrogens (tertiary/aromatic N) is 5. The smallest absolute Gasteiger partial charge is 0.419 e. The van der Waals surface area contributed by atoms with Crippen molar-refractivity contribution in [2.75, 3.05) is 37.7 Å². The molecule has 1 aromatic heterocycles. The zero-order valence-electron chi connectivity index (χ0n) is 22.5. The number of halogens is 3. The number of piperidine rings is 1. The largest absolute Gasteiger partial charge is 0.444 e. The fourth-order valence-electron chi connectivity index (χ4n) is 5.11. The van der Waals surface area contributed by atoms with Gasteiger partial charge in [0.1, 0.15) is 17.4 Å². The van der Waals surface area contributed by atoms with E-state index in [-0.39, 0.29) is 37.2 Å². The minimum atomic E-state index is -4.48. The number of hydrogen-bond donors (Lipinski definition) is 0. The van der Waals surface area contributed by atoms with Gasteiger partial charge in [0, 0.05) is 44.5 Å². The second kappa shape index (κ2) is 10.5. The summed E-state index contributed by atoms with van der Waals surface area (Å²) in [5.41, 5.74) is -2.39. The van der Waals surface area contributed by atoms with Crippen molar-refractivity contribution in [3.63, 3.8) is 0 Å². The van der Waals surface area contributed by atoms with Crippen LogP contribution in [0.15, 0.2) is 12.4 Å². The van der Waals surface area contributed by atoms with Crippen molar-refractivity contribution in [3.8, 4) is 0 Å². The summed E-state index contributed by atoms with van der Waals surface area (Å²) in [6.07, 6.45) is -2.13. The molecular formula is C25H36F3N5O5. The van der Waals surface area contributed by atoms with Crippen LogP contribution in [0.4, 0.5) is 23.9 Å². The molecule has 2 amide bonds. The molecule has 2 atom stereocenters. The maximum atomic E-state index is 13.1. The van der Waals surface area contributed by atoms with Gasteiger partial charge in [-0.2, -0.15) is 13.2 Å². The van der Waals surface area contributed by atoms with E-state index in [4.69, 9.17) is 14.2 Å². The van der Waals surface area contributed by atoms with Gasteiger partial charge < -0.3 is 24.0 Å². The number of carbonyl (C=O) groups is 2. The predicted octanol–water partition coefficient (Wildman–Crippen LogP) is 3.45. The van der Waals surface area contributed by atoms with Crippen LogP contribution in [-0.4, -0.2) is 94.1 Å². The van der Waals surface area contributed by atoms with E-state index in [0.29, 0.717) is 38.9 Å². The Morgan fingerprint density at radius 3 is 2.32 bits per heavy atom. The number of amides is 2. The number of anilines is 1. The van der Waals surface area contributed by atoms with Crippen LogP contribution >= 0.6 is 0 Å². The normalized spacial score (nSPS) is 24.8. The zero-order valence-corrected chi connectivity index (χ0v) is 22.5. The summed E-state index contributed by atoms with van der Waals surface area (Å²) in [5, 5.41) is 0. The topological polar surface area (TPSA) is 97.3 Å². The van der Waals surface area contributed by atoms with Gasteiger partial charge in [0.2, 0.25) is 5.95 Å². The van der Waals surface area contributed by atoms with E-state index in [2.05, 4.69) is 9.97 Å². The Balaban J connectivity index is 1.28. The minimum absolute atomic E-state index is 0.00816. The van der Waals surface area contributed by atoms with Crippen LogP contribution in [0, 0.1) is 0 Å². The molecule has 0 aromatic carbocycles. The molecule has 1 aromatic rings. The van der Waals surface area contributed by atoms with Crippen LogP contribution < -0.4 is 4.90 Å². The average molecular weight is 544 g/mol. The number of hydrogen-bond acceptors (Lipinski definition) is 8. The molecule has 4 heterocycles. The summed E-state index contributed by atoms with van der Waals surface area (Å²) >= 11 is 0. The van der Waals surface area contributed by atoms with Crippen molar-refractivity contribution in [2.45, 2.75) is 89.6 Å². The number of likely N-dealkylation sites (tertiary alicyclic amines) is 1. The third-order valence-corrected chi connectivity index (χ3v) is 7.00. The molecule has 0 saturated carbocycles. The van der Waals surface area contributed by atoms with Gasteiger partial charge >= 0.3 is 12.3 Å². The lowest BCUT2D eigenvalue weighted by molar-refractivity contribution is -0.140. The van der Waals surface area contributed by atoms with Crippen molar-refractivity contribution in [1.82, 2.24) is 19.8 Å². The Morgan fingerprint density at radius 1 is 1.11 bits per heavy atom. The molecule has 0 unspecified atom stereocenters. The van der Waals surface area contributed by atoms with Crippen LogP contribution in [-0.2, 0) is 25.2 Å². The Hall–Kier alpha value is -2.67. The van der Waals surface area contributed by atoms with E-state index >= 15 is 0 Å². The van der Waals surface area contributed by atoms with Crippen LogP contribution in [0.5, 0.6) is 0 Å². The van der Waals surface area contributed by atoms with E-state index in [1.54, 1.807) is 34.6 Å². The highest BCUT2D eigenvalue weighted by atomic mass is 19.4. The molecule has 3 aliphatic heterocycles. The van der Waals surface area contributed by atoms with Crippen molar-refractivity contribution >= 4 is 17.9 Å². The average Bonchev–Trinajstić information content (AvgIpc) is 3.34. The zero-order chi connectivity index (χ0) is 27.9. The Kier molecular flexibility index (Phi) is 7.81. The molecule has 3 aliphatic rings. The third kappa shape index (κ3) is 6.31. The molecule has 0 spiro atoms. The molecule has 0 bridgehead atoms. The van der Waals surface area contributed by atoms with Crippen LogP contribution in [0.2, 0.25) is 0 Å². The number of carbonyl (C=O) groups excluding carboxylic acids is 2. The summed E-state index contributed by atoms with van der Waals surface area (Å²) in [4.78, 5) is 38.9. The Bertz CT molecular complexity index is 1010. The highest BCUT2D eigenvalue weighted by Gasteiger charge is 2.47. The van der Waals surface area contributed by atoms with E-state index in [1.165, 1.54) is 4.90 Å². The molecule has 13 heteroatoms. The first-order valence-corrected chi connectivity index (χ1v) is 12.9. The van der Waals surface area contributed by atoms with Crippen molar-refractivity contribution in [1.29, 1.82) is 0 Å². The number of aromatic nitrogens is 2. The summed E-state index contributed by atoms with van der Waals surface area (Å²) in [5.74, 6) is 0.165. The molecule has 3 fully saturated rings. The number of ether oxygens (including phenoxy) is 3. The molecule has 3 saturated heterocycles. The van der Waals surface area contributed by atoms with Gasteiger partial charge in [0.15, 0.2) is 0 Å². The molecule has 0 radical (unpaired) electrons. The van der Waals surface area contributed by atoms with E-state index in [1.807, 2.05) is 9.80 Å². The molecule has 38 heavy (non-hydrogen) atoms. The SMILES string of the molecule is CC(C)(C)OC(=O)N1[C@H](CO[C@@H]2CCN(C3CCN(c4ncc(C(F)(F)F)cn4)CC3)C2=O)COC1(C)C. The first-order valence-electron chi connectivity index (χ1n) is 12.9. The Labute approximate surface area is 220 Å². The molecule has 0 aliphatic carbocycles. The van der Waals surface area contributed by atoms with Gasteiger partial charge in [-0.3, -0.25) is 9.69 Å². The monoisotopic (exact) mass is 543 g/mol. The first-order chi connectivity index (χ1) is 17.7. The summed E-state index contributed by atoms with van der Waals surface area (Å²) < 4.78 is 55.7. The standard InChI is InChI=1S/C25H36F3N5O5/c1-23(2,3)38-22(35)33-18(15-37-24(33,4)5)14-36-19-8-11-32(20(19)34)17-6-9-31(10-7-17)21-29-12-16(13-30-21)25(26,27)28/h12-13,17-19H,6-11,14-15H2,1-5H3/t18-,19-/m1/s1. The van der Waals surface area contributed by atoms with E-state index < -0.39 is 35.3 Å². The fourth-order valence-corrected chi connectivity index (χ4v) is 5.11. The van der Waals surface area contributed by atoms with Crippen molar-refractivity contribution in [3.05, 3.63) is 18.0 Å².